The molecular weight excluding hydrogens is 749 g/mol. The van der Waals surface area contributed by atoms with E-state index in [1.165, 1.54) is 149 Å². The van der Waals surface area contributed by atoms with Crippen molar-refractivity contribution in [1.82, 2.24) is 0 Å². The van der Waals surface area contributed by atoms with Gasteiger partial charge in [-0.1, -0.05) is 96.1 Å². The monoisotopic (exact) mass is 819 g/mol. The van der Waals surface area contributed by atoms with Gasteiger partial charge in [-0.25, -0.2) is 0 Å². The van der Waals surface area contributed by atoms with Crippen LogP contribution in [0.4, 0.5) is 0 Å². The predicted molar refractivity (Wildman–Crippen MR) is 272 cm³/mol. The third-order valence-electron chi connectivity index (χ3n) is 16.8. The molecule has 0 saturated heterocycles. The maximum absolute atomic E-state index is 3.07. The molecule has 0 radical (unpaired) electrons. The summed E-state index contributed by atoms with van der Waals surface area (Å²) in [4.78, 5) is 0. The molecular formula is C60H70Si. The Bertz CT molecular complexity index is 2520. The molecule has 6 aromatic rings. The lowest BCUT2D eigenvalue weighted by Crippen LogP contribution is -2.69. The zero-order chi connectivity index (χ0) is 44.7. The summed E-state index contributed by atoms with van der Waals surface area (Å²) in [6.07, 6.45) is 0. The lowest BCUT2D eigenvalue weighted by atomic mass is 9.86. The number of allylic oxidation sites excluding steroid dienone is 4. The standard InChI is InChI=1S/C60H70Si/c1-32-35(4)43(12)57(44(13)36(32)5)51-23-20-26-54(29-51)61(60-49(18)41(10)42(11)50(60)19,55-27-21-24-52(30-55)58-45(14)37(6)33(2)38(7)46(58)15)56-28-22-25-53(31-56)59-47(16)39(8)34(3)40(9)48(59)17/h20-31,49H,1-19H3. The topological polar surface area (TPSA) is 0 Å². The van der Waals surface area contributed by atoms with Gasteiger partial charge in [0, 0.05) is 0 Å². The summed E-state index contributed by atoms with van der Waals surface area (Å²) >= 11 is 0. The first-order chi connectivity index (χ1) is 28.7. The highest BCUT2D eigenvalue weighted by Crippen LogP contribution is 2.44. The van der Waals surface area contributed by atoms with Crippen molar-refractivity contribution in [1.29, 1.82) is 0 Å². The average molecular weight is 819 g/mol. The lowest BCUT2D eigenvalue weighted by Gasteiger charge is -2.39. The van der Waals surface area contributed by atoms with Crippen LogP contribution in [0.5, 0.6) is 0 Å². The van der Waals surface area contributed by atoms with Gasteiger partial charge >= 0.3 is 0 Å². The molecule has 0 N–H and O–H groups in total. The lowest BCUT2D eigenvalue weighted by molar-refractivity contribution is 0.851. The van der Waals surface area contributed by atoms with Gasteiger partial charge in [-0.15, -0.1) is 0 Å². The van der Waals surface area contributed by atoms with Crippen LogP contribution < -0.4 is 15.6 Å². The molecule has 0 aromatic heterocycles. The molecule has 0 heterocycles. The molecule has 0 aliphatic heterocycles. The fraction of sp³-hybridized carbons (Fsp3) is 0.333. The normalized spacial score (nSPS) is 14.5. The van der Waals surface area contributed by atoms with Gasteiger partial charge in [-0.2, -0.15) is 0 Å². The Morgan fingerprint density at radius 1 is 0.311 bits per heavy atom. The average Bonchev–Trinajstić information content (AvgIpc) is 3.44. The highest BCUT2D eigenvalue weighted by Gasteiger charge is 2.48. The van der Waals surface area contributed by atoms with E-state index < -0.39 is 8.07 Å². The second-order valence-electron chi connectivity index (χ2n) is 19.1. The van der Waals surface area contributed by atoms with E-state index in [1.54, 1.807) is 5.20 Å². The largest absolute Gasteiger partial charge is 0.176 e. The number of benzene rings is 6. The molecule has 0 bridgehead atoms. The van der Waals surface area contributed by atoms with Gasteiger partial charge in [0.25, 0.3) is 0 Å². The Hall–Kier alpha value is -4.98. The van der Waals surface area contributed by atoms with E-state index in [0.29, 0.717) is 5.92 Å². The third-order valence-corrected chi connectivity index (χ3v) is 21.9. The number of hydrogen-bond acceptors (Lipinski definition) is 0. The Morgan fingerprint density at radius 2 is 0.557 bits per heavy atom. The summed E-state index contributed by atoms with van der Waals surface area (Å²) in [5, 5.41) is 5.97. The Kier molecular flexibility index (Phi) is 11.6. The molecule has 1 atom stereocenters. The zero-order valence-corrected chi connectivity index (χ0v) is 42.0. The summed E-state index contributed by atoms with van der Waals surface area (Å²) < 4.78 is 0. The fourth-order valence-electron chi connectivity index (χ4n) is 11.5. The molecule has 1 heteroatoms. The van der Waals surface area contributed by atoms with Crippen LogP contribution in [-0.2, 0) is 0 Å². The van der Waals surface area contributed by atoms with E-state index in [2.05, 4.69) is 204 Å². The summed E-state index contributed by atoms with van der Waals surface area (Å²) in [6, 6.07) is 29.6. The van der Waals surface area contributed by atoms with Crippen molar-refractivity contribution < 1.29 is 0 Å². The Morgan fingerprint density at radius 3 is 0.787 bits per heavy atom. The van der Waals surface area contributed by atoms with Crippen LogP contribution in [0.15, 0.2) is 94.7 Å². The van der Waals surface area contributed by atoms with Gasteiger partial charge in [0.2, 0.25) is 0 Å². The van der Waals surface area contributed by atoms with E-state index in [4.69, 9.17) is 0 Å². The molecule has 0 spiro atoms. The minimum Gasteiger partial charge on any atom is -0.0636 e. The highest BCUT2D eigenvalue weighted by molar-refractivity contribution is 7.16. The molecule has 1 aliphatic carbocycles. The second kappa shape index (κ2) is 16.0. The fourth-order valence-corrected chi connectivity index (χ4v) is 17.2. The number of rotatable bonds is 7. The van der Waals surface area contributed by atoms with Crippen molar-refractivity contribution in [3.63, 3.8) is 0 Å². The van der Waals surface area contributed by atoms with Gasteiger partial charge < -0.3 is 0 Å². The van der Waals surface area contributed by atoms with Crippen LogP contribution >= 0.6 is 0 Å². The van der Waals surface area contributed by atoms with Crippen molar-refractivity contribution in [2.75, 3.05) is 0 Å². The first kappa shape index (κ1) is 44.1. The zero-order valence-electron chi connectivity index (χ0n) is 41.0. The van der Waals surface area contributed by atoms with Crippen LogP contribution in [0.3, 0.4) is 0 Å². The quantitative estimate of drug-likeness (QED) is 0.111. The molecule has 1 aliphatic rings. The second-order valence-corrected chi connectivity index (χ2v) is 22.8. The molecule has 7 rings (SSSR count). The van der Waals surface area contributed by atoms with Gasteiger partial charge in [0.05, 0.1) is 0 Å². The summed E-state index contributed by atoms with van der Waals surface area (Å²) in [6.45, 7) is 44.4. The van der Waals surface area contributed by atoms with Gasteiger partial charge in [-0.3, -0.25) is 0 Å². The van der Waals surface area contributed by atoms with Crippen LogP contribution in [0, 0.1) is 110 Å². The first-order valence-electron chi connectivity index (χ1n) is 22.6. The highest BCUT2D eigenvalue weighted by atomic mass is 28.3. The molecule has 1 unspecified atom stereocenters. The van der Waals surface area contributed by atoms with Crippen molar-refractivity contribution in [2.45, 2.75) is 132 Å². The maximum atomic E-state index is 2.62. The van der Waals surface area contributed by atoms with Crippen LogP contribution in [-0.4, -0.2) is 8.07 Å². The minimum absolute atomic E-state index is 0.301. The SMILES string of the molecule is CC1=C(C)C(C)C([Si](c2cccc(-c3c(C)c(C)c(C)c(C)c3C)c2)(c2cccc(-c3c(C)c(C)c(C)c(C)c3C)c2)c2cccc(-c3c(C)c(C)c(C)c(C)c3C)c2)=C1C. The van der Waals surface area contributed by atoms with E-state index >= 15 is 0 Å². The molecule has 0 fully saturated rings. The molecule has 0 amide bonds. The van der Waals surface area contributed by atoms with Gasteiger partial charge in [-0.05, 0) is 269 Å². The van der Waals surface area contributed by atoms with E-state index in [9.17, 15) is 0 Å². The summed E-state index contributed by atoms with van der Waals surface area (Å²) in [5.41, 5.74) is 33.5. The first-order valence-corrected chi connectivity index (χ1v) is 24.6. The van der Waals surface area contributed by atoms with Crippen molar-refractivity contribution in [2.24, 2.45) is 5.92 Å². The van der Waals surface area contributed by atoms with E-state index in [0.717, 1.165) is 0 Å². The number of hydrogen-bond donors (Lipinski definition) is 0. The molecule has 314 valence electrons. The minimum atomic E-state index is -3.07. The van der Waals surface area contributed by atoms with Crippen molar-refractivity contribution in [3.05, 3.63) is 178 Å². The van der Waals surface area contributed by atoms with Crippen molar-refractivity contribution in [3.8, 4) is 33.4 Å². The molecule has 61 heavy (non-hydrogen) atoms. The predicted octanol–water partition coefficient (Wildman–Crippen LogP) is 14.6. The Balaban J connectivity index is 1.68. The molecule has 0 nitrogen and oxygen atoms in total. The Labute approximate surface area is 370 Å². The van der Waals surface area contributed by atoms with Gasteiger partial charge in [0.15, 0.2) is 8.07 Å². The summed E-state index contributed by atoms with van der Waals surface area (Å²) in [7, 11) is -3.07. The van der Waals surface area contributed by atoms with Crippen LogP contribution in [0.2, 0.25) is 0 Å². The van der Waals surface area contributed by atoms with E-state index in [1.807, 2.05) is 0 Å². The van der Waals surface area contributed by atoms with Crippen molar-refractivity contribution >= 4 is 23.6 Å². The molecule has 0 saturated carbocycles. The van der Waals surface area contributed by atoms with Crippen LogP contribution in [0.25, 0.3) is 33.4 Å². The molecule has 6 aromatic carbocycles. The summed E-state index contributed by atoms with van der Waals surface area (Å²) in [5.74, 6) is 0.301. The van der Waals surface area contributed by atoms with Crippen LogP contribution in [0.1, 0.15) is 111 Å². The third kappa shape index (κ3) is 6.60. The maximum Gasteiger partial charge on any atom is 0.176 e. The van der Waals surface area contributed by atoms with Gasteiger partial charge in [0.1, 0.15) is 0 Å². The van der Waals surface area contributed by atoms with E-state index in [-0.39, 0.29) is 0 Å². The smallest absolute Gasteiger partial charge is 0.0636 e.